The first kappa shape index (κ1) is 15.4. The summed E-state index contributed by atoms with van der Waals surface area (Å²) in [5.41, 5.74) is 0.919. The number of hydrogen-bond acceptors (Lipinski definition) is 3. The molecule has 0 fully saturated rings. The highest BCUT2D eigenvalue weighted by Gasteiger charge is 2.36. The van der Waals surface area contributed by atoms with Crippen LogP contribution in [-0.2, 0) is 4.79 Å². The van der Waals surface area contributed by atoms with Gasteiger partial charge in [0.05, 0.1) is 11.1 Å². The molecule has 3 amide bonds. The zero-order chi connectivity index (χ0) is 16.6. The van der Waals surface area contributed by atoms with Gasteiger partial charge in [-0.1, -0.05) is 15.9 Å². The fraction of sp³-hybridized carbons (Fsp3) is 0.0625. The number of rotatable bonds is 3. The maximum Gasteiger partial charge on any atom is 0.262 e. The Labute approximate surface area is 139 Å². The second-order valence-corrected chi connectivity index (χ2v) is 5.86. The van der Waals surface area contributed by atoms with Crippen LogP contribution in [0.3, 0.4) is 0 Å². The Hall–Kier alpha value is -2.54. The number of fused-ring (bicyclic) bond motifs is 1. The fourth-order valence-corrected chi connectivity index (χ4v) is 2.64. The number of carbonyl (C=O) groups excluding carboxylic acids is 3. The van der Waals surface area contributed by atoms with Crippen molar-refractivity contribution in [2.75, 3.05) is 11.9 Å². The van der Waals surface area contributed by atoms with Gasteiger partial charge in [0.15, 0.2) is 0 Å². The smallest absolute Gasteiger partial charge is 0.262 e. The van der Waals surface area contributed by atoms with Gasteiger partial charge in [0, 0.05) is 10.2 Å². The van der Waals surface area contributed by atoms with Crippen LogP contribution in [0.1, 0.15) is 20.7 Å². The monoisotopic (exact) mass is 376 g/mol. The third-order valence-electron chi connectivity index (χ3n) is 3.36. The Balaban J connectivity index is 1.73. The van der Waals surface area contributed by atoms with E-state index >= 15 is 0 Å². The molecule has 3 rings (SSSR count). The number of anilines is 1. The molecule has 5 nitrogen and oxygen atoms in total. The number of hydrogen-bond donors (Lipinski definition) is 1. The van der Waals surface area contributed by atoms with E-state index in [2.05, 4.69) is 21.2 Å². The Morgan fingerprint density at radius 3 is 2.39 bits per heavy atom. The standard InChI is InChI=1S/C16H10BrFN2O3/c17-9-1-6-12-13(7-9)16(23)20(15(12)22)8-14(21)19-11-4-2-10(18)3-5-11/h1-7H,8H2,(H,19,21). The molecule has 1 heterocycles. The van der Waals surface area contributed by atoms with Crippen molar-refractivity contribution in [3.63, 3.8) is 0 Å². The fourth-order valence-electron chi connectivity index (χ4n) is 2.28. The number of benzene rings is 2. The van der Waals surface area contributed by atoms with Crippen molar-refractivity contribution in [1.82, 2.24) is 4.90 Å². The molecule has 0 bridgehead atoms. The van der Waals surface area contributed by atoms with Crippen LogP contribution in [0.2, 0.25) is 0 Å². The lowest BCUT2D eigenvalue weighted by Gasteiger charge is -2.13. The average Bonchev–Trinajstić information content (AvgIpc) is 2.74. The summed E-state index contributed by atoms with van der Waals surface area (Å²) in [6.07, 6.45) is 0. The average molecular weight is 377 g/mol. The summed E-state index contributed by atoms with van der Waals surface area (Å²) in [6, 6.07) is 9.95. The summed E-state index contributed by atoms with van der Waals surface area (Å²) in [5.74, 6) is -1.98. The van der Waals surface area contributed by atoms with Gasteiger partial charge in [0.1, 0.15) is 12.4 Å². The maximum absolute atomic E-state index is 12.8. The number of amides is 3. The van der Waals surface area contributed by atoms with Crippen molar-refractivity contribution in [2.45, 2.75) is 0 Å². The van der Waals surface area contributed by atoms with Gasteiger partial charge in [-0.3, -0.25) is 19.3 Å². The van der Waals surface area contributed by atoms with E-state index in [0.717, 1.165) is 4.90 Å². The zero-order valence-electron chi connectivity index (χ0n) is 11.7. The molecule has 0 radical (unpaired) electrons. The van der Waals surface area contributed by atoms with E-state index in [1.54, 1.807) is 12.1 Å². The van der Waals surface area contributed by atoms with Crippen molar-refractivity contribution >= 4 is 39.3 Å². The van der Waals surface area contributed by atoms with Crippen molar-refractivity contribution in [3.05, 3.63) is 63.9 Å². The number of nitrogens with one attached hydrogen (secondary N) is 1. The van der Waals surface area contributed by atoms with Gasteiger partial charge in [0.2, 0.25) is 5.91 Å². The highest BCUT2D eigenvalue weighted by atomic mass is 79.9. The van der Waals surface area contributed by atoms with Crippen molar-refractivity contribution in [3.8, 4) is 0 Å². The van der Waals surface area contributed by atoms with E-state index in [-0.39, 0.29) is 11.1 Å². The third kappa shape index (κ3) is 3.00. The lowest BCUT2D eigenvalue weighted by Crippen LogP contribution is -2.37. The summed E-state index contributed by atoms with van der Waals surface area (Å²) in [6.45, 7) is -0.401. The second-order valence-electron chi connectivity index (χ2n) is 4.94. The molecule has 0 saturated heterocycles. The summed E-state index contributed by atoms with van der Waals surface area (Å²) in [5, 5.41) is 2.51. The van der Waals surface area contributed by atoms with E-state index < -0.39 is 30.1 Å². The molecule has 0 spiro atoms. The predicted molar refractivity (Wildman–Crippen MR) is 84.5 cm³/mol. The van der Waals surface area contributed by atoms with Crippen LogP contribution in [0.4, 0.5) is 10.1 Å². The molecule has 23 heavy (non-hydrogen) atoms. The molecule has 2 aromatic rings. The molecule has 0 aromatic heterocycles. The number of imide groups is 1. The van der Waals surface area contributed by atoms with Crippen LogP contribution < -0.4 is 5.32 Å². The first-order chi connectivity index (χ1) is 11.0. The largest absolute Gasteiger partial charge is 0.325 e. The minimum absolute atomic E-state index is 0.263. The first-order valence-electron chi connectivity index (χ1n) is 6.67. The highest BCUT2D eigenvalue weighted by molar-refractivity contribution is 9.10. The second kappa shape index (κ2) is 5.92. The molecule has 0 unspecified atom stereocenters. The summed E-state index contributed by atoms with van der Waals surface area (Å²) < 4.78 is 13.5. The number of halogens is 2. The van der Waals surface area contributed by atoms with Crippen LogP contribution in [0.5, 0.6) is 0 Å². The van der Waals surface area contributed by atoms with Gasteiger partial charge in [-0.25, -0.2) is 4.39 Å². The van der Waals surface area contributed by atoms with Crippen LogP contribution in [0, 0.1) is 5.82 Å². The van der Waals surface area contributed by atoms with E-state index in [9.17, 15) is 18.8 Å². The topological polar surface area (TPSA) is 66.5 Å². The Morgan fingerprint density at radius 2 is 1.70 bits per heavy atom. The van der Waals surface area contributed by atoms with Crippen LogP contribution in [0.15, 0.2) is 46.9 Å². The van der Waals surface area contributed by atoms with E-state index in [4.69, 9.17) is 0 Å². The van der Waals surface area contributed by atoms with Crippen molar-refractivity contribution < 1.29 is 18.8 Å². The molecular formula is C16H10BrFN2O3. The van der Waals surface area contributed by atoms with E-state index in [1.165, 1.54) is 30.3 Å². The SMILES string of the molecule is O=C(CN1C(=O)c2ccc(Br)cc2C1=O)Nc1ccc(F)cc1. The summed E-state index contributed by atoms with van der Waals surface area (Å²) >= 11 is 3.24. The molecule has 1 aliphatic heterocycles. The third-order valence-corrected chi connectivity index (χ3v) is 3.86. The van der Waals surface area contributed by atoms with Crippen LogP contribution >= 0.6 is 15.9 Å². The van der Waals surface area contributed by atoms with E-state index in [1.807, 2.05) is 0 Å². The minimum atomic E-state index is -0.537. The number of nitrogens with zero attached hydrogens (tertiary/aromatic N) is 1. The van der Waals surface area contributed by atoms with Gasteiger partial charge in [0.25, 0.3) is 11.8 Å². The predicted octanol–water partition coefficient (Wildman–Crippen LogP) is 2.82. The zero-order valence-corrected chi connectivity index (χ0v) is 13.3. The van der Waals surface area contributed by atoms with Gasteiger partial charge in [-0.2, -0.15) is 0 Å². The van der Waals surface area contributed by atoms with Gasteiger partial charge < -0.3 is 5.32 Å². The normalized spacial score (nSPS) is 13.2. The highest BCUT2D eigenvalue weighted by Crippen LogP contribution is 2.25. The van der Waals surface area contributed by atoms with Gasteiger partial charge in [-0.05, 0) is 42.5 Å². The lowest BCUT2D eigenvalue weighted by molar-refractivity contribution is -0.116. The van der Waals surface area contributed by atoms with Gasteiger partial charge in [-0.15, -0.1) is 0 Å². The Kier molecular flexibility index (Phi) is 3.96. The summed E-state index contributed by atoms with van der Waals surface area (Å²) in [4.78, 5) is 37.3. The molecule has 1 N–H and O–H groups in total. The molecule has 1 aliphatic rings. The quantitative estimate of drug-likeness (QED) is 0.837. The Morgan fingerprint density at radius 1 is 1.04 bits per heavy atom. The molecule has 0 saturated carbocycles. The molecule has 0 atom stereocenters. The van der Waals surface area contributed by atoms with Crippen LogP contribution in [-0.4, -0.2) is 29.2 Å². The van der Waals surface area contributed by atoms with Crippen LogP contribution in [0.25, 0.3) is 0 Å². The minimum Gasteiger partial charge on any atom is -0.325 e. The molecule has 0 aliphatic carbocycles. The molecular weight excluding hydrogens is 367 g/mol. The van der Waals surface area contributed by atoms with Crippen molar-refractivity contribution in [2.24, 2.45) is 0 Å². The Bertz CT molecular complexity index is 821. The summed E-state index contributed by atoms with van der Waals surface area (Å²) in [7, 11) is 0. The van der Waals surface area contributed by atoms with Crippen molar-refractivity contribution in [1.29, 1.82) is 0 Å². The van der Waals surface area contributed by atoms with E-state index in [0.29, 0.717) is 10.2 Å². The molecule has 7 heteroatoms. The first-order valence-corrected chi connectivity index (χ1v) is 7.46. The molecule has 2 aromatic carbocycles. The maximum atomic E-state index is 12.8. The van der Waals surface area contributed by atoms with Gasteiger partial charge >= 0.3 is 0 Å². The molecule has 116 valence electrons. The number of carbonyl (C=O) groups is 3. The lowest BCUT2D eigenvalue weighted by atomic mass is 10.1.